The molecule has 0 unspecified atom stereocenters. The Labute approximate surface area is 584 Å². The van der Waals surface area contributed by atoms with Gasteiger partial charge in [-0.25, -0.2) is 15.8 Å². The van der Waals surface area contributed by atoms with Gasteiger partial charge in [0.1, 0.15) is 54.9 Å². The molecule has 9 rings (SSSR count). The van der Waals surface area contributed by atoms with E-state index in [2.05, 4.69) is 77.8 Å². The Balaban J connectivity index is 0.986. The Morgan fingerprint density at radius 3 is 1.59 bits per heavy atom. The number of para-hydroxylation sites is 2. The Morgan fingerprint density at radius 1 is 0.588 bits per heavy atom. The number of H-pyrrole nitrogens is 4. The van der Waals surface area contributed by atoms with E-state index in [-0.39, 0.29) is 76.8 Å². The fourth-order valence-corrected chi connectivity index (χ4v) is 12.1. The number of nitrogens with two attached hydrogens (primary N) is 3. The van der Waals surface area contributed by atoms with E-state index in [0.717, 1.165) is 0 Å². The molecular weight excluding hydrogens is 1310 g/mol. The van der Waals surface area contributed by atoms with E-state index in [1.54, 1.807) is 117 Å². The van der Waals surface area contributed by atoms with Gasteiger partial charge < -0.3 is 89.3 Å². The minimum Gasteiger partial charge on any atom is -0.394 e. The normalized spacial score (nSPS) is 14.7. The minimum atomic E-state index is -1.79. The van der Waals surface area contributed by atoms with Gasteiger partial charge in [0.2, 0.25) is 53.2 Å². The van der Waals surface area contributed by atoms with Gasteiger partial charge >= 0.3 is 0 Å². The zero-order valence-corrected chi connectivity index (χ0v) is 55.8. The predicted octanol–water partition coefficient (Wildman–Crippen LogP) is -2.11. The van der Waals surface area contributed by atoms with Gasteiger partial charge in [0.15, 0.2) is 11.7 Å². The summed E-state index contributed by atoms with van der Waals surface area (Å²) in [5.74, 6) is -3.21. The number of nitrogens with zero attached hydrogens (tertiary/aromatic N) is 4. The van der Waals surface area contributed by atoms with Crippen molar-refractivity contribution >= 4 is 92.6 Å². The third-order valence-electron chi connectivity index (χ3n) is 17.2. The number of benzene rings is 4. The zero-order chi connectivity index (χ0) is 72.8. The van der Waals surface area contributed by atoms with Crippen LogP contribution in [-0.2, 0) is 80.0 Å². The van der Waals surface area contributed by atoms with E-state index in [1.807, 2.05) is 6.07 Å². The zero-order valence-electron chi connectivity index (χ0n) is 55.8. The average Bonchev–Trinajstić information content (AvgIpc) is 1.60. The highest BCUT2D eigenvalue weighted by atomic mass is 16.3. The van der Waals surface area contributed by atoms with E-state index in [0.29, 0.717) is 72.4 Å². The Morgan fingerprint density at radius 2 is 1.07 bits per heavy atom. The van der Waals surface area contributed by atoms with Crippen molar-refractivity contribution in [3.05, 3.63) is 180 Å². The van der Waals surface area contributed by atoms with Crippen LogP contribution in [0.1, 0.15) is 69.7 Å². The number of likely N-dealkylation sites (tertiary alicyclic amines) is 1. The number of ketones is 1. The highest BCUT2D eigenvalue weighted by Gasteiger charge is 2.41. The van der Waals surface area contributed by atoms with Crippen molar-refractivity contribution in [2.75, 3.05) is 39.8 Å². The monoisotopic (exact) mass is 1400 g/mol. The number of primary amides is 1. The molecule has 33 nitrogen and oxygen atoms in total. The number of aromatic nitrogens is 6. The molecule has 1 aliphatic heterocycles. The van der Waals surface area contributed by atoms with Crippen LogP contribution in [0.15, 0.2) is 141 Å². The van der Waals surface area contributed by atoms with Crippen LogP contribution in [-0.4, -0.2) is 204 Å². The van der Waals surface area contributed by atoms with Crippen molar-refractivity contribution in [3.63, 3.8) is 0 Å². The number of carbonyl (C=O) groups excluding carboxylic acids is 11. The number of fused-ring (bicyclic) bond motifs is 2. The molecule has 4 aromatic carbocycles. The van der Waals surface area contributed by atoms with E-state index in [4.69, 9.17) is 22.7 Å². The van der Waals surface area contributed by atoms with E-state index in [9.17, 15) is 43.5 Å². The number of aromatic amines is 4. The molecule has 4 aromatic heterocycles. The lowest BCUT2D eigenvalue weighted by Crippen LogP contribution is -2.61. The summed E-state index contributed by atoms with van der Waals surface area (Å²) in [5, 5.41) is 45.0. The first-order valence-electron chi connectivity index (χ1n) is 33.0. The van der Waals surface area contributed by atoms with Gasteiger partial charge in [0, 0.05) is 114 Å². The van der Waals surface area contributed by atoms with Crippen molar-refractivity contribution in [1.29, 1.82) is 5.41 Å². The second-order valence-electron chi connectivity index (χ2n) is 24.6. The molecule has 1 fully saturated rings. The summed E-state index contributed by atoms with van der Waals surface area (Å²) in [6, 6.07) is 17.5. The Bertz CT molecular complexity index is 4260. The molecule has 5 heterocycles. The predicted molar refractivity (Wildman–Crippen MR) is 372 cm³/mol. The number of hydrazine groups is 1. The second-order valence-corrected chi connectivity index (χ2v) is 24.6. The summed E-state index contributed by atoms with van der Waals surface area (Å²) in [6.45, 7) is -1.75. The molecule has 8 aromatic rings. The maximum atomic E-state index is 15.4. The van der Waals surface area contributed by atoms with Crippen LogP contribution in [0.3, 0.4) is 0 Å². The maximum Gasteiger partial charge on any atom is 0.259 e. The van der Waals surface area contributed by atoms with Gasteiger partial charge in [-0.15, -0.1) is 0 Å². The van der Waals surface area contributed by atoms with Crippen LogP contribution in [0, 0.1) is 5.41 Å². The van der Waals surface area contributed by atoms with Gasteiger partial charge in [-0.2, -0.15) is 0 Å². The number of carbonyl (C=O) groups is 11. The molecule has 8 atom stereocenters. The molecule has 1 saturated heterocycles. The van der Waals surface area contributed by atoms with Gasteiger partial charge in [0.05, 0.1) is 25.8 Å². The second kappa shape index (κ2) is 35.6. The molecule has 102 heavy (non-hydrogen) atoms. The summed E-state index contributed by atoms with van der Waals surface area (Å²) >= 11 is 0. The van der Waals surface area contributed by atoms with Crippen LogP contribution in [0.5, 0.6) is 0 Å². The maximum absolute atomic E-state index is 15.4. The largest absolute Gasteiger partial charge is 0.394 e. The molecule has 0 radical (unpaired) electrons. The number of hydrogen-bond acceptors (Lipinski definition) is 17. The molecule has 0 bridgehead atoms. The molecule has 536 valence electrons. The number of aliphatic hydroxyl groups is 1. The van der Waals surface area contributed by atoms with Crippen molar-refractivity contribution in [2.45, 2.75) is 106 Å². The fourth-order valence-electron chi connectivity index (χ4n) is 12.1. The first-order valence-corrected chi connectivity index (χ1v) is 33.0. The van der Waals surface area contributed by atoms with Gasteiger partial charge in [-0.3, -0.25) is 63.2 Å². The Hall–Kier alpha value is -12.1. The van der Waals surface area contributed by atoms with Crippen LogP contribution < -0.4 is 65.2 Å². The summed E-state index contributed by atoms with van der Waals surface area (Å²) in [5.41, 5.74) is 15.6. The minimum absolute atomic E-state index is 0.0215. The molecule has 21 N–H and O–H groups in total. The number of guanidine groups is 1. The van der Waals surface area contributed by atoms with Gasteiger partial charge in [-0.05, 0) is 61.6 Å². The summed E-state index contributed by atoms with van der Waals surface area (Å²) in [7, 11) is 1.55. The first kappa shape index (κ1) is 74.1. The topological polar surface area (TPSA) is 514 Å². The van der Waals surface area contributed by atoms with Crippen molar-refractivity contribution in [1.82, 2.24) is 87.7 Å². The van der Waals surface area contributed by atoms with Crippen molar-refractivity contribution < 1.29 is 57.8 Å². The van der Waals surface area contributed by atoms with Gasteiger partial charge in [0.25, 0.3) is 5.91 Å². The smallest absolute Gasteiger partial charge is 0.259 e. The number of imidazole rings is 2. The lowest BCUT2D eigenvalue weighted by atomic mass is 9.98. The molecule has 33 heteroatoms. The van der Waals surface area contributed by atoms with Crippen molar-refractivity contribution in [3.8, 4) is 0 Å². The van der Waals surface area contributed by atoms with Crippen LogP contribution in [0.4, 0.5) is 0 Å². The molecule has 0 spiro atoms. The summed E-state index contributed by atoms with van der Waals surface area (Å²) in [4.78, 5) is 178. The number of aliphatic hydroxyl groups excluding tert-OH is 1. The first-order chi connectivity index (χ1) is 49.2. The SMILES string of the molecule is CNCC(=O)N[C@@H](Cc1cnc[nH]1)C(=O)N[C@@H](Cc1c[nH]c2ccccc12)C(=O)N[C@@H](CO)C(=O)N[C@@H](Cc1cnc[nH]1)C(=O)N[C@H](CCCNC(=N)N)C(=O)N[C@@H](Cc1c[nH]c2ccccc12)C(=O)N[C@@H](Cc1ccc(C(=O)c2ccccc2)cc1)C(=O)N1CCC[C@H]1C(=O)N(N)CC(N)=O. The van der Waals surface area contributed by atoms with E-state index >= 15 is 14.4 Å². The Kier molecular flexibility index (Phi) is 25.9. The number of likely N-dealkylation sites (N-methyl/N-ethyl adjacent to an activating group) is 1. The molecular formula is C69H83N21O12. The third-order valence-corrected chi connectivity index (χ3v) is 17.2. The van der Waals surface area contributed by atoms with Crippen molar-refractivity contribution in [2.24, 2.45) is 17.3 Å². The lowest BCUT2D eigenvalue weighted by Gasteiger charge is -2.31. The van der Waals surface area contributed by atoms with E-state index in [1.165, 1.54) is 29.9 Å². The highest BCUT2D eigenvalue weighted by Crippen LogP contribution is 2.25. The highest BCUT2D eigenvalue weighted by molar-refractivity contribution is 6.09. The quantitative estimate of drug-likeness (QED) is 0.00380. The van der Waals surface area contributed by atoms with E-state index < -0.39 is 127 Å². The van der Waals surface area contributed by atoms with Crippen LogP contribution in [0.25, 0.3) is 21.8 Å². The molecule has 10 amide bonds. The number of rotatable bonds is 36. The number of amides is 10. The standard InChI is InChI=1S/C69H83N21O12/c1-74-34-59(93)82-53(28-44-32-75-37-80-44)64(98)85-52(27-43-31-79-49-16-8-6-14-47(43)49)63(97)88-56(36-91)66(100)86-54(29-45-33-76-38-81-45)65(99)83-50(17-9-23-77-69(71)72)61(95)84-51(26-42-30-78-48-15-7-5-13-46(42)48)62(96)87-55(67(101)89-24-10-18-57(89)68(102)90(73)35-58(70)92)25-39-19-21-41(22-20-39)60(94)40-11-3-2-4-12-40/h2-8,11-16,19-22,30-33,37-38,50-57,74,78-79,91H,9-10,17-18,23-29,34-36,73H2,1H3,(H2,70,92)(H,75,80)(H,76,81)(H,82,93)(H,83,99)(H,84,95)(H,85,98)(H,86,100)(H,87,96)(H,88,97)(H4,71,72,77)/t50-,51+,52+,53+,54+,55+,56+,57+/m1/s1. The fraction of sp³-hybridized carbons (Fsp3) is 0.333. The molecule has 0 aliphatic carbocycles. The average molecular weight is 1400 g/mol. The van der Waals surface area contributed by atoms with Gasteiger partial charge in [-0.1, -0.05) is 91.0 Å². The summed E-state index contributed by atoms with van der Waals surface area (Å²) < 4.78 is 0. The van der Waals surface area contributed by atoms with Crippen LogP contribution in [0.2, 0.25) is 0 Å². The number of hydrogen-bond donors (Lipinski definition) is 18. The number of nitrogens with one attached hydrogen (secondary N) is 14. The molecule has 1 aliphatic rings. The summed E-state index contributed by atoms with van der Waals surface area (Å²) in [6.07, 6.45) is 8.27. The molecule has 0 saturated carbocycles. The lowest BCUT2D eigenvalue weighted by molar-refractivity contribution is -0.146. The third kappa shape index (κ3) is 20.1. The van der Waals surface area contributed by atoms with Crippen LogP contribution >= 0.6 is 0 Å².